The first-order valence-electron chi connectivity index (χ1n) is 11.6. The number of thiocarbonyl (C=S) groups is 1. The Morgan fingerprint density at radius 2 is 1.59 bits per heavy atom. The van der Waals surface area contributed by atoms with Crippen molar-refractivity contribution in [3.05, 3.63) is 87.8 Å². The summed E-state index contributed by atoms with van der Waals surface area (Å²) in [6.45, 7) is 1.26. The van der Waals surface area contributed by atoms with Crippen LogP contribution in [0.5, 0.6) is 23.0 Å². The van der Waals surface area contributed by atoms with Crippen molar-refractivity contribution in [1.29, 1.82) is 0 Å². The van der Waals surface area contributed by atoms with Crippen LogP contribution in [0.15, 0.2) is 71.6 Å². The number of para-hydroxylation sites is 2. The molecule has 0 aliphatic carbocycles. The number of ether oxygens (including phenoxy) is 4. The molecule has 4 rings (SSSR count). The van der Waals surface area contributed by atoms with E-state index >= 15 is 0 Å². The van der Waals surface area contributed by atoms with Gasteiger partial charge in [0.1, 0.15) is 4.32 Å². The summed E-state index contributed by atoms with van der Waals surface area (Å²) in [5.41, 5.74) is 1.73. The number of carbonyl (C=O) groups is 1. The Morgan fingerprint density at radius 1 is 0.919 bits per heavy atom. The van der Waals surface area contributed by atoms with E-state index in [1.165, 1.54) is 11.8 Å². The number of rotatable bonds is 11. The van der Waals surface area contributed by atoms with Crippen molar-refractivity contribution in [1.82, 2.24) is 4.90 Å². The van der Waals surface area contributed by atoms with Gasteiger partial charge in [-0.25, -0.2) is 0 Å². The summed E-state index contributed by atoms with van der Waals surface area (Å²) in [7, 11) is 3.15. The quantitative estimate of drug-likeness (QED) is 0.150. The molecule has 0 unspecified atom stereocenters. The first kappa shape index (κ1) is 26.9. The summed E-state index contributed by atoms with van der Waals surface area (Å²) in [5.74, 6) is 2.14. The van der Waals surface area contributed by atoms with Crippen LogP contribution in [0.3, 0.4) is 0 Å². The molecule has 0 N–H and O–H groups in total. The number of hydrogen-bond donors (Lipinski definition) is 0. The van der Waals surface area contributed by atoms with Crippen LogP contribution in [0.4, 0.5) is 0 Å². The third-order valence-corrected chi connectivity index (χ3v) is 7.13. The van der Waals surface area contributed by atoms with Crippen molar-refractivity contribution in [2.45, 2.75) is 13.0 Å². The minimum absolute atomic E-state index is 0.135. The van der Waals surface area contributed by atoms with Crippen molar-refractivity contribution < 1.29 is 23.7 Å². The standard InChI is InChI=1S/C28H26ClNO5S2/c1-32-22-11-6-7-12-23(22)34-13-8-14-35-26-21(29)15-20(16-24(26)33-2)17-25-27(31)30(28(36)37-25)18-19-9-4-3-5-10-19/h3-7,9-12,15-17H,8,13-14,18H2,1-2H3/b25-17+. The lowest BCUT2D eigenvalue weighted by molar-refractivity contribution is -0.122. The number of amides is 1. The summed E-state index contributed by atoms with van der Waals surface area (Å²) in [6, 6.07) is 20.8. The second kappa shape index (κ2) is 12.9. The second-order valence-corrected chi connectivity index (χ2v) is 10.1. The average Bonchev–Trinajstić information content (AvgIpc) is 3.17. The molecular formula is C28H26ClNO5S2. The molecule has 6 nitrogen and oxygen atoms in total. The first-order chi connectivity index (χ1) is 18.0. The fraction of sp³-hybridized carbons (Fsp3) is 0.214. The van der Waals surface area contributed by atoms with E-state index in [1.807, 2.05) is 54.6 Å². The molecule has 3 aromatic carbocycles. The highest BCUT2D eigenvalue weighted by Crippen LogP contribution is 2.39. The van der Waals surface area contributed by atoms with Gasteiger partial charge in [0.2, 0.25) is 0 Å². The molecule has 9 heteroatoms. The van der Waals surface area contributed by atoms with Gasteiger partial charge in [-0.15, -0.1) is 0 Å². The third-order valence-electron chi connectivity index (χ3n) is 5.47. The van der Waals surface area contributed by atoms with Crippen molar-refractivity contribution >= 4 is 51.9 Å². The average molecular weight is 556 g/mol. The Balaban J connectivity index is 1.38. The Labute approximate surface area is 231 Å². The molecule has 37 heavy (non-hydrogen) atoms. The van der Waals surface area contributed by atoms with Crippen molar-refractivity contribution in [3.8, 4) is 23.0 Å². The van der Waals surface area contributed by atoms with Gasteiger partial charge in [0.15, 0.2) is 23.0 Å². The lowest BCUT2D eigenvalue weighted by atomic mass is 10.1. The molecule has 0 bridgehead atoms. The zero-order chi connectivity index (χ0) is 26.2. The van der Waals surface area contributed by atoms with E-state index in [9.17, 15) is 4.79 Å². The molecule has 192 valence electrons. The molecule has 1 fully saturated rings. The summed E-state index contributed by atoms with van der Waals surface area (Å²) in [5, 5.41) is 0.385. The van der Waals surface area contributed by atoms with Gasteiger partial charge in [0.25, 0.3) is 5.91 Å². The van der Waals surface area contributed by atoms with Crippen molar-refractivity contribution in [2.24, 2.45) is 0 Å². The van der Waals surface area contributed by atoms with Gasteiger partial charge in [-0.1, -0.05) is 78.0 Å². The van der Waals surface area contributed by atoms with Gasteiger partial charge < -0.3 is 18.9 Å². The monoisotopic (exact) mass is 555 g/mol. The fourth-order valence-corrected chi connectivity index (χ4v) is 5.20. The molecular weight excluding hydrogens is 530 g/mol. The number of halogens is 1. The second-order valence-electron chi connectivity index (χ2n) is 7.99. The van der Waals surface area contributed by atoms with E-state index in [0.29, 0.717) is 69.0 Å². The molecule has 1 amide bonds. The molecule has 1 aliphatic rings. The minimum Gasteiger partial charge on any atom is -0.493 e. The predicted octanol–water partition coefficient (Wildman–Crippen LogP) is 6.61. The third kappa shape index (κ3) is 6.77. The van der Waals surface area contributed by atoms with E-state index in [0.717, 1.165) is 5.56 Å². The summed E-state index contributed by atoms with van der Waals surface area (Å²) >= 11 is 13.3. The lowest BCUT2D eigenvalue weighted by Crippen LogP contribution is -2.27. The number of hydrogen-bond acceptors (Lipinski definition) is 7. The molecule has 1 heterocycles. The Bertz CT molecular complexity index is 1300. The van der Waals surface area contributed by atoms with E-state index in [4.69, 9.17) is 42.8 Å². The molecule has 1 saturated heterocycles. The van der Waals surface area contributed by atoms with Crippen LogP contribution in [0.2, 0.25) is 5.02 Å². The van der Waals surface area contributed by atoms with Gasteiger partial charge in [-0.05, 0) is 41.5 Å². The maximum Gasteiger partial charge on any atom is 0.266 e. The fourth-order valence-electron chi connectivity index (χ4n) is 3.67. The predicted molar refractivity (Wildman–Crippen MR) is 152 cm³/mol. The smallest absolute Gasteiger partial charge is 0.266 e. The summed E-state index contributed by atoms with van der Waals surface area (Å²) in [4.78, 5) is 15.1. The minimum atomic E-state index is -0.135. The highest BCUT2D eigenvalue weighted by atomic mass is 35.5. The zero-order valence-corrected chi connectivity index (χ0v) is 22.8. The van der Waals surface area contributed by atoms with Gasteiger partial charge in [0, 0.05) is 6.42 Å². The first-order valence-corrected chi connectivity index (χ1v) is 13.2. The zero-order valence-electron chi connectivity index (χ0n) is 20.4. The van der Waals surface area contributed by atoms with Gasteiger partial charge in [-0.2, -0.15) is 0 Å². The van der Waals surface area contributed by atoms with E-state index < -0.39 is 0 Å². The number of carbonyl (C=O) groups excluding carboxylic acids is 1. The molecule has 0 saturated carbocycles. The highest BCUT2D eigenvalue weighted by Gasteiger charge is 2.32. The van der Waals surface area contributed by atoms with E-state index in [1.54, 1.807) is 37.3 Å². The number of nitrogens with zero attached hydrogens (tertiary/aromatic N) is 1. The summed E-state index contributed by atoms with van der Waals surface area (Å²) in [6.07, 6.45) is 2.40. The van der Waals surface area contributed by atoms with E-state index in [2.05, 4.69) is 0 Å². The van der Waals surface area contributed by atoms with Crippen LogP contribution in [0.1, 0.15) is 17.5 Å². The van der Waals surface area contributed by atoms with Gasteiger partial charge in [0.05, 0.1) is 43.9 Å². The highest BCUT2D eigenvalue weighted by molar-refractivity contribution is 8.26. The molecule has 0 radical (unpaired) electrons. The van der Waals surface area contributed by atoms with Crippen LogP contribution < -0.4 is 18.9 Å². The molecule has 0 spiro atoms. The Hall–Kier alpha value is -3.20. The van der Waals surface area contributed by atoms with Crippen molar-refractivity contribution in [2.75, 3.05) is 27.4 Å². The molecule has 1 aliphatic heterocycles. The van der Waals surface area contributed by atoms with Crippen LogP contribution in [-0.4, -0.2) is 42.6 Å². The molecule has 3 aromatic rings. The Morgan fingerprint density at radius 3 is 2.32 bits per heavy atom. The van der Waals surface area contributed by atoms with Crippen LogP contribution >= 0.6 is 35.6 Å². The van der Waals surface area contributed by atoms with Gasteiger partial charge in [-0.3, -0.25) is 9.69 Å². The maximum atomic E-state index is 13.0. The van der Waals surface area contributed by atoms with Crippen molar-refractivity contribution in [3.63, 3.8) is 0 Å². The number of thioether (sulfide) groups is 1. The lowest BCUT2D eigenvalue weighted by Gasteiger charge is -2.15. The summed E-state index contributed by atoms with van der Waals surface area (Å²) < 4.78 is 23.0. The van der Waals surface area contributed by atoms with E-state index in [-0.39, 0.29) is 5.91 Å². The van der Waals surface area contributed by atoms with Gasteiger partial charge >= 0.3 is 0 Å². The molecule has 0 aromatic heterocycles. The SMILES string of the molecule is COc1ccccc1OCCCOc1c(Cl)cc(/C=C2/SC(=S)N(Cc3ccccc3)C2=O)cc1OC. The topological polar surface area (TPSA) is 57.2 Å². The number of methoxy groups -OCH3 is 2. The largest absolute Gasteiger partial charge is 0.493 e. The maximum absolute atomic E-state index is 13.0. The van der Waals surface area contributed by atoms with Crippen LogP contribution in [0.25, 0.3) is 6.08 Å². The normalized spacial score (nSPS) is 14.2. The molecule has 0 atom stereocenters. The Kier molecular flexibility index (Phi) is 9.33. The van der Waals surface area contributed by atoms with Crippen LogP contribution in [0, 0.1) is 0 Å². The number of benzene rings is 3. The van der Waals surface area contributed by atoms with Crippen LogP contribution in [-0.2, 0) is 11.3 Å².